The Morgan fingerprint density at radius 1 is 1.17 bits per heavy atom. The molecule has 0 aliphatic rings. The second kappa shape index (κ2) is 6.20. The smallest absolute Gasteiger partial charge is 0.270 e. The predicted octanol–water partition coefficient (Wildman–Crippen LogP) is 3.74. The molecule has 2 aromatic rings. The van der Waals surface area contributed by atoms with Gasteiger partial charge in [0.2, 0.25) is 0 Å². The van der Waals surface area contributed by atoms with E-state index in [0.29, 0.717) is 6.07 Å². The van der Waals surface area contributed by atoms with Crippen LogP contribution in [0.25, 0.3) is 0 Å². The van der Waals surface area contributed by atoms with Gasteiger partial charge < -0.3 is 0 Å². The van der Waals surface area contributed by atoms with E-state index in [9.17, 15) is 27.3 Å². The van der Waals surface area contributed by atoms with E-state index in [4.69, 9.17) is 0 Å². The van der Waals surface area contributed by atoms with Crippen LogP contribution in [-0.4, -0.2) is 13.3 Å². The minimum absolute atomic E-state index is 0.236. The minimum atomic E-state index is -4.31. The molecular weight excluding hydrogens is 398 g/mol. The Hall–Kier alpha value is -2.07. The van der Waals surface area contributed by atoms with Crippen molar-refractivity contribution in [3.63, 3.8) is 0 Å². The number of hydrogen-bond acceptors (Lipinski definition) is 4. The van der Waals surface area contributed by atoms with Crippen LogP contribution >= 0.6 is 15.9 Å². The molecule has 0 atom stereocenters. The number of halogens is 3. The number of nitro benzene ring substituents is 1. The lowest BCUT2D eigenvalue weighted by Crippen LogP contribution is -2.16. The number of aryl methyl sites for hydroxylation is 1. The van der Waals surface area contributed by atoms with E-state index >= 15 is 0 Å². The molecule has 0 heterocycles. The van der Waals surface area contributed by atoms with Crippen LogP contribution in [0.15, 0.2) is 39.7 Å². The second-order valence-electron chi connectivity index (χ2n) is 4.56. The molecule has 10 heteroatoms. The SMILES string of the molecule is Cc1ccc(S(=O)(=O)Nc2c([N+](=O)[O-])cc(Br)c(F)c2F)cc1. The first-order valence-corrected chi connectivity index (χ1v) is 8.32. The third-order valence-corrected chi connectivity index (χ3v) is 4.85. The lowest BCUT2D eigenvalue weighted by atomic mass is 10.2. The molecule has 0 amide bonds. The van der Waals surface area contributed by atoms with Gasteiger partial charge in [0.1, 0.15) is 0 Å². The zero-order chi connectivity index (χ0) is 17.4. The molecule has 0 spiro atoms. The molecule has 0 aromatic heterocycles. The summed E-state index contributed by atoms with van der Waals surface area (Å²) >= 11 is 2.64. The fourth-order valence-corrected chi connectivity index (χ4v) is 3.20. The molecule has 2 aromatic carbocycles. The van der Waals surface area contributed by atoms with Crippen LogP contribution in [-0.2, 0) is 10.0 Å². The minimum Gasteiger partial charge on any atom is -0.270 e. The van der Waals surface area contributed by atoms with Gasteiger partial charge in [0.05, 0.1) is 14.3 Å². The highest BCUT2D eigenvalue weighted by Gasteiger charge is 2.28. The van der Waals surface area contributed by atoms with Crippen LogP contribution in [0, 0.1) is 28.7 Å². The molecule has 0 radical (unpaired) electrons. The molecule has 6 nitrogen and oxygen atoms in total. The largest absolute Gasteiger partial charge is 0.297 e. The summed E-state index contributed by atoms with van der Waals surface area (Å²) in [4.78, 5) is 9.72. The van der Waals surface area contributed by atoms with Crippen LogP contribution in [0.2, 0.25) is 0 Å². The summed E-state index contributed by atoms with van der Waals surface area (Å²) < 4.78 is 53.2. The molecule has 0 saturated heterocycles. The Morgan fingerprint density at radius 2 is 1.74 bits per heavy atom. The highest BCUT2D eigenvalue weighted by molar-refractivity contribution is 9.10. The molecule has 0 aliphatic heterocycles. The fourth-order valence-electron chi connectivity index (χ4n) is 1.73. The highest BCUT2D eigenvalue weighted by atomic mass is 79.9. The Labute approximate surface area is 138 Å². The van der Waals surface area contributed by atoms with Crippen molar-refractivity contribution < 1.29 is 22.1 Å². The van der Waals surface area contributed by atoms with Crippen LogP contribution in [0.4, 0.5) is 20.2 Å². The van der Waals surface area contributed by atoms with Crippen molar-refractivity contribution in [1.82, 2.24) is 0 Å². The van der Waals surface area contributed by atoms with Crippen LogP contribution in [0.5, 0.6) is 0 Å². The summed E-state index contributed by atoms with van der Waals surface area (Å²) in [5.74, 6) is -3.10. The summed E-state index contributed by atoms with van der Waals surface area (Å²) in [5.41, 5.74) is -1.18. The van der Waals surface area contributed by atoms with Crippen molar-refractivity contribution >= 4 is 37.3 Å². The number of sulfonamides is 1. The number of anilines is 1. The van der Waals surface area contributed by atoms with E-state index in [1.807, 2.05) is 0 Å². The van der Waals surface area contributed by atoms with Crippen LogP contribution in [0.1, 0.15) is 5.56 Å². The topological polar surface area (TPSA) is 89.3 Å². The molecule has 23 heavy (non-hydrogen) atoms. The Morgan fingerprint density at radius 3 is 2.26 bits per heavy atom. The first-order valence-electron chi connectivity index (χ1n) is 6.05. The van der Waals surface area contributed by atoms with E-state index < -0.39 is 42.4 Å². The molecule has 2 rings (SSSR count). The normalized spacial score (nSPS) is 11.3. The van der Waals surface area contributed by atoms with E-state index in [0.717, 1.165) is 5.56 Å². The third-order valence-electron chi connectivity index (χ3n) is 2.91. The summed E-state index contributed by atoms with van der Waals surface area (Å²) in [6.45, 7) is 1.73. The van der Waals surface area contributed by atoms with E-state index in [-0.39, 0.29) is 4.90 Å². The third kappa shape index (κ3) is 3.48. The molecule has 0 fully saturated rings. The van der Waals surface area contributed by atoms with E-state index in [1.165, 1.54) is 24.3 Å². The van der Waals surface area contributed by atoms with Gasteiger partial charge in [-0.2, -0.15) is 0 Å². The van der Waals surface area contributed by atoms with Crippen molar-refractivity contribution in [3.8, 4) is 0 Å². The summed E-state index contributed by atoms with van der Waals surface area (Å²) in [5, 5.41) is 11.0. The first kappa shape index (κ1) is 17.3. The molecule has 122 valence electrons. The molecule has 0 aliphatic carbocycles. The molecule has 0 saturated carbocycles. The monoisotopic (exact) mass is 406 g/mol. The number of nitro groups is 1. The van der Waals surface area contributed by atoms with Crippen molar-refractivity contribution in [2.75, 3.05) is 4.72 Å². The van der Waals surface area contributed by atoms with Gasteiger partial charge in [-0.1, -0.05) is 17.7 Å². The van der Waals surface area contributed by atoms with E-state index in [2.05, 4.69) is 15.9 Å². The Balaban J connectivity index is 2.57. The standard InChI is InChI=1S/C13H9BrF2N2O4S/c1-7-2-4-8(5-3-7)23(21,22)17-13-10(18(19)20)6-9(14)11(15)12(13)16/h2-6,17H,1H3. The van der Waals surface area contributed by atoms with Gasteiger partial charge in [0.25, 0.3) is 15.7 Å². The van der Waals surface area contributed by atoms with Gasteiger partial charge in [-0.25, -0.2) is 17.2 Å². The molecule has 0 bridgehead atoms. The van der Waals surface area contributed by atoms with E-state index in [1.54, 1.807) is 11.6 Å². The number of nitrogens with zero attached hydrogens (tertiary/aromatic N) is 1. The predicted molar refractivity (Wildman–Crippen MR) is 82.7 cm³/mol. The van der Waals surface area contributed by atoms with Crippen molar-refractivity contribution in [2.24, 2.45) is 0 Å². The lowest BCUT2D eigenvalue weighted by Gasteiger charge is -2.11. The van der Waals surface area contributed by atoms with Crippen LogP contribution in [0.3, 0.4) is 0 Å². The van der Waals surface area contributed by atoms with Crippen molar-refractivity contribution in [2.45, 2.75) is 11.8 Å². The second-order valence-corrected chi connectivity index (χ2v) is 7.09. The first-order chi connectivity index (χ1) is 10.6. The summed E-state index contributed by atoms with van der Waals surface area (Å²) in [7, 11) is -4.31. The molecule has 0 unspecified atom stereocenters. The van der Waals surface area contributed by atoms with Gasteiger partial charge in [0.15, 0.2) is 17.3 Å². The van der Waals surface area contributed by atoms with Gasteiger partial charge in [-0.3, -0.25) is 14.8 Å². The quantitative estimate of drug-likeness (QED) is 0.475. The maximum Gasteiger partial charge on any atom is 0.297 e. The highest BCUT2D eigenvalue weighted by Crippen LogP contribution is 2.35. The zero-order valence-corrected chi connectivity index (χ0v) is 13.9. The van der Waals surface area contributed by atoms with Gasteiger partial charge in [0, 0.05) is 6.07 Å². The van der Waals surface area contributed by atoms with Crippen molar-refractivity contribution in [3.05, 3.63) is 62.1 Å². The van der Waals surface area contributed by atoms with Gasteiger partial charge >= 0.3 is 0 Å². The number of benzene rings is 2. The van der Waals surface area contributed by atoms with Gasteiger partial charge in [-0.05, 0) is 35.0 Å². The Kier molecular flexibility index (Phi) is 4.66. The van der Waals surface area contributed by atoms with Gasteiger partial charge in [-0.15, -0.1) is 0 Å². The average molecular weight is 407 g/mol. The fraction of sp³-hybridized carbons (Fsp3) is 0.0769. The molecule has 1 N–H and O–H groups in total. The van der Waals surface area contributed by atoms with Crippen molar-refractivity contribution in [1.29, 1.82) is 0 Å². The van der Waals surface area contributed by atoms with Crippen LogP contribution < -0.4 is 4.72 Å². The maximum absolute atomic E-state index is 14.0. The number of nitrogens with one attached hydrogen (secondary N) is 1. The number of hydrogen-bond donors (Lipinski definition) is 1. The average Bonchev–Trinajstić information content (AvgIpc) is 2.47. The summed E-state index contributed by atoms with van der Waals surface area (Å²) in [6, 6.07) is 6.18. The Bertz CT molecular complexity index is 886. The summed E-state index contributed by atoms with van der Waals surface area (Å²) in [6.07, 6.45) is 0. The maximum atomic E-state index is 14.0. The lowest BCUT2D eigenvalue weighted by molar-refractivity contribution is -0.384. The molecular formula is C13H9BrF2N2O4S. The zero-order valence-electron chi connectivity index (χ0n) is 11.5. The number of rotatable bonds is 4.